The van der Waals surface area contributed by atoms with Crippen LogP contribution in [0, 0.1) is 0 Å². The van der Waals surface area contributed by atoms with Crippen molar-refractivity contribution in [3.8, 4) is 11.5 Å². The molecule has 8 heteroatoms. The van der Waals surface area contributed by atoms with Crippen LogP contribution in [0.15, 0.2) is 24.4 Å². The number of anilines is 1. The maximum Gasteiger partial charge on any atom is 0.277 e. The van der Waals surface area contributed by atoms with Gasteiger partial charge in [0.15, 0.2) is 22.3 Å². The molecule has 7 nitrogen and oxygen atoms in total. The molecule has 0 saturated heterocycles. The van der Waals surface area contributed by atoms with Crippen LogP contribution in [0.3, 0.4) is 0 Å². The van der Waals surface area contributed by atoms with Crippen LogP contribution in [0.2, 0.25) is 0 Å². The topological polar surface area (TPSA) is 78.3 Å². The van der Waals surface area contributed by atoms with Crippen LogP contribution in [0.5, 0.6) is 11.5 Å². The van der Waals surface area contributed by atoms with E-state index >= 15 is 0 Å². The van der Waals surface area contributed by atoms with Crippen molar-refractivity contribution in [3.63, 3.8) is 0 Å². The van der Waals surface area contributed by atoms with Crippen LogP contribution in [0.4, 0.5) is 5.13 Å². The molecule has 0 radical (unpaired) electrons. The van der Waals surface area contributed by atoms with Gasteiger partial charge in [-0.25, -0.2) is 4.98 Å². The van der Waals surface area contributed by atoms with Crippen molar-refractivity contribution in [1.29, 1.82) is 0 Å². The molecule has 112 valence electrons. The van der Waals surface area contributed by atoms with Gasteiger partial charge in [0, 0.05) is 25.4 Å². The molecular formula is C14H12N4O3S. The third kappa shape index (κ3) is 2.27. The molecule has 0 aliphatic carbocycles. The molecule has 1 aliphatic rings. The summed E-state index contributed by atoms with van der Waals surface area (Å²) in [5.41, 5.74) is 1.12. The lowest BCUT2D eigenvalue weighted by Crippen LogP contribution is -2.15. The molecule has 3 heterocycles. The highest BCUT2D eigenvalue weighted by atomic mass is 32.1. The summed E-state index contributed by atoms with van der Waals surface area (Å²) in [6.07, 6.45) is 1.72. The summed E-state index contributed by atoms with van der Waals surface area (Å²) in [7, 11) is 1.76. The quantitative estimate of drug-likeness (QED) is 0.783. The molecule has 3 aromatic rings. The van der Waals surface area contributed by atoms with Gasteiger partial charge in [0.1, 0.15) is 13.2 Å². The van der Waals surface area contributed by atoms with E-state index in [2.05, 4.69) is 15.4 Å². The summed E-state index contributed by atoms with van der Waals surface area (Å²) in [4.78, 5) is 16.5. The Morgan fingerprint density at radius 2 is 2.09 bits per heavy atom. The molecule has 0 spiro atoms. The summed E-state index contributed by atoms with van der Waals surface area (Å²) in [5.74, 6) is 1.12. The van der Waals surface area contributed by atoms with Gasteiger partial charge in [0.25, 0.3) is 5.91 Å². The largest absolute Gasteiger partial charge is 0.486 e. The third-order valence-corrected chi connectivity index (χ3v) is 4.15. The number of fused-ring (bicyclic) bond motifs is 2. The van der Waals surface area contributed by atoms with E-state index in [0.717, 1.165) is 10.2 Å². The van der Waals surface area contributed by atoms with Gasteiger partial charge in [-0.05, 0) is 6.07 Å². The SMILES string of the molecule is Cn1ccc(C(=O)Nc2nc3cc4c(cc3s2)OCCO4)n1. The van der Waals surface area contributed by atoms with E-state index in [0.29, 0.717) is 35.5 Å². The van der Waals surface area contributed by atoms with Crippen molar-refractivity contribution in [2.24, 2.45) is 7.05 Å². The fourth-order valence-corrected chi connectivity index (χ4v) is 3.09. The summed E-state index contributed by atoms with van der Waals surface area (Å²) >= 11 is 1.39. The minimum Gasteiger partial charge on any atom is -0.486 e. The fraction of sp³-hybridized carbons (Fsp3) is 0.214. The number of hydrogen-bond acceptors (Lipinski definition) is 6. The lowest BCUT2D eigenvalue weighted by molar-refractivity contribution is 0.102. The second kappa shape index (κ2) is 4.99. The number of aromatic nitrogens is 3. The van der Waals surface area contributed by atoms with Crippen molar-refractivity contribution in [1.82, 2.24) is 14.8 Å². The summed E-state index contributed by atoms with van der Waals surface area (Å²) in [6, 6.07) is 5.37. The molecule has 1 N–H and O–H groups in total. The van der Waals surface area contributed by atoms with Crippen LogP contribution in [0.25, 0.3) is 10.2 Å². The standard InChI is InChI=1S/C14H12N4O3S/c1-18-3-2-8(17-18)13(19)16-14-15-9-6-10-11(7-12(9)22-14)21-5-4-20-10/h2-3,6-7H,4-5H2,1H3,(H,15,16,19). The third-order valence-electron chi connectivity index (χ3n) is 3.22. The number of aryl methyl sites for hydroxylation is 1. The Labute approximate surface area is 129 Å². The van der Waals surface area contributed by atoms with Crippen LogP contribution >= 0.6 is 11.3 Å². The Kier molecular flexibility index (Phi) is 2.97. The van der Waals surface area contributed by atoms with E-state index in [1.54, 1.807) is 24.0 Å². The van der Waals surface area contributed by atoms with E-state index in [1.807, 2.05) is 12.1 Å². The van der Waals surface area contributed by atoms with E-state index in [-0.39, 0.29) is 5.91 Å². The molecule has 4 rings (SSSR count). The molecule has 0 bridgehead atoms. The molecule has 1 aliphatic heterocycles. The number of nitrogens with zero attached hydrogens (tertiary/aromatic N) is 3. The van der Waals surface area contributed by atoms with Gasteiger partial charge in [-0.15, -0.1) is 0 Å². The van der Waals surface area contributed by atoms with Gasteiger partial charge >= 0.3 is 0 Å². The number of carbonyl (C=O) groups is 1. The van der Waals surface area contributed by atoms with Gasteiger partial charge in [0.05, 0.1) is 10.2 Å². The second-order valence-electron chi connectivity index (χ2n) is 4.81. The molecular weight excluding hydrogens is 304 g/mol. The number of amides is 1. The predicted molar refractivity (Wildman–Crippen MR) is 81.8 cm³/mol. The second-order valence-corrected chi connectivity index (χ2v) is 5.84. The van der Waals surface area contributed by atoms with Crippen molar-refractivity contribution in [2.75, 3.05) is 18.5 Å². The summed E-state index contributed by atoms with van der Waals surface area (Å²) in [5, 5.41) is 7.35. The average Bonchev–Trinajstić information content (AvgIpc) is 3.10. The van der Waals surface area contributed by atoms with E-state index in [9.17, 15) is 4.79 Å². The van der Waals surface area contributed by atoms with Gasteiger partial charge in [-0.2, -0.15) is 5.10 Å². The number of benzene rings is 1. The molecule has 2 aromatic heterocycles. The zero-order valence-corrected chi connectivity index (χ0v) is 12.5. The van der Waals surface area contributed by atoms with Crippen LogP contribution < -0.4 is 14.8 Å². The van der Waals surface area contributed by atoms with Crippen molar-refractivity contribution < 1.29 is 14.3 Å². The number of rotatable bonds is 2. The van der Waals surface area contributed by atoms with Gasteiger partial charge in [-0.3, -0.25) is 14.8 Å². The number of thiazole rings is 1. The summed E-state index contributed by atoms with van der Waals surface area (Å²) < 4.78 is 13.6. The normalized spacial score (nSPS) is 13.3. The van der Waals surface area contributed by atoms with Crippen LogP contribution in [0.1, 0.15) is 10.5 Å². The summed E-state index contributed by atoms with van der Waals surface area (Å²) in [6.45, 7) is 1.08. The van der Waals surface area contributed by atoms with E-state index in [4.69, 9.17) is 9.47 Å². The number of ether oxygens (including phenoxy) is 2. The maximum absolute atomic E-state index is 12.1. The number of hydrogen-bond donors (Lipinski definition) is 1. The van der Waals surface area contributed by atoms with Crippen LogP contribution in [-0.2, 0) is 7.05 Å². The highest BCUT2D eigenvalue weighted by molar-refractivity contribution is 7.22. The first-order valence-electron chi connectivity index (χ1n) is 6.70. The highest BCUT2D eigenvalue weighted by Gasteiger charge is 2.17. The zero-order valence-electron chi connectivity index (χ0n) is 11.7. The lowest BCUT2D eigenvalue weighted by atomic mass is 10.3. The number of nitrogens with one attached hydrogen (secondary N) is 1. The maximum atomic E-state index is 12.1. The smallest absolute Gasteiger partial charge is 0.277 e. The van der Waals surface area contributed by atoms with Crippen molar-refractivity contribution >= 4 is 32.6 Å². The predicted octanol–water partition coefficient (Wildman–Crippen LogP) is 2.05. The van der Waals surface area contributed by atoms with Crippen LogP contribution in [-0.4, -0.2) is 33.9 Å². The number of carbonyl (C=O) groups excluding carboxylic acids is 1. The van der Waals surface area contributed by atoms with E-state index < -0.39 is 0 Å². The lowest BCUT2D eigenvalue weighted by Gasteiger charge is -2.17. The molecule has 0 atom stereocenters. The fourth-order valence-electron chi connectivity index (χ4n) is 2.22. The molecule has 0 fully saturated rings. The van der Waals surface area contributed by atoms with Crippen molar-refractivity contribution in [3.05, 3.63) is 30.1 Å². The molecule has 1 amide bonds. The molecule has 0 saturated carbocycles. The monoisotopic (exact) mass is 316 g/mol. The first kappa shape index (κ1) is 13.1. The van der Waals surface area contributed by atoms with Gasteiger partial charge < -0.3 is 9.47 Å². The minimum atomic E-state index is -0.281. The Morgan fingerprint density at radius 3 is 2.82 bits per heavy atom. The first-order valence-corrected chi connectivity index (χ1v) is 7.52. The Bertz CT molecular complexity index is 827. The molecule has 1 aromatic carbocycles. The Hall–Kier alpha value is -2.61. The Balaban J connectivity index is 1.63. The first-order chi connectivity index (χ1) is 10.7. The van der Waals surface area contributed by atoms with Crippen molar-refractivity contribution in [2.45, 2.75) is 0 Å². The van der Waals surface area contributed by atoms with Gasteiger partial charge in [-0.1, -0.05) is 11.3 Å². The van der Waals surface area contributed by atoms with E-state index in [1.165, 1.54) is 11.3 Å². The highest BCUT2D eigenvalue weighted by Crippen LogP contribution is 2.37. The molecule has 22 heavy (non-hydrogen) atoms. The minimum absolute atomic E-state index is 0.281. The van der Waals surface area contributed by atoms with Gasteiger partial charge in [0.2, 0.25) is 0 Å². The molecule has 0 unspecified atom stereocenters. The average molecular weight is 316 g/mol. The zero-order chi connectivity index (χ0) is 15.1. The Morgan fingerprint density at radius 1 is 1.32 bits per heavy atom.